The lowest BCUT2D eigenvalue weighted by Crippen LogP contribution is -2.33. The second kappa shape index (κ2) is 6.14. The molecule has 0 saturated carbocycles. The molecule has 0 heterocycles. The zero-order valence-corrected chi connectivity index (χ0v) is 10.6. The standard InChI is InChI=1S/C11H13N3O3S/c1-2-18(16,17)13-8-11(15)14-10-5-3-4-9(6-10)7-12/h3-6,13H,2,8H2,1H3,(H,14,15). The molecule has 96 valence electrons. The van der Waals surface area contributed by atoms with Crippen molar-refractivity contribution < 1.29 is 13.2 Å². The van der Waals surface area contributed by atoms with Gasteiger partial charge in [-0.2, -0.15) is 5.26 Å². The van der Waals surface area contributed by atoms with Crippen LogP contribution in [0.4, 0.5) is 5.69 Å². The van der Waals surface area contributed by atoms with E-state index in [4.69, 9.17) is 5.26 Å². The van der Waals surface area contributed by atoms with Gasteiger partial charge in [0.25, 0.3) is 0 Å². The fourth-order valence-electron chi connectivity index (χ4n) is 1.15. The topological polar surface area (TPSA) is 99.1 Å². The predicted octanol–water partition coefficient (Wildman–Crippen LogP) is 0.436. The Hall–Kier alpha value is -1.91. The first-order valence-electron chi connectivity index (χ1n) is 5.24. The molecule has 0 saturated heterocycles. The second-order valence-electron chi connectivity index (χ2n) is 3.47. The van der Waals surface area contributed by atoms with E-state index in [1.165, 1.54) is 13.0 Å². The highest BCUT2D eigenvalue weighted by Crippen LogP contribution is 2.09. The van der Waals surface area contributed by atoms with Crippen molar-refractivity contribution in [3.63, 3.8) is 0 Å². The Morgan fingerprint density at radius 2 is 2.17 bits per heavy atom. The monoisotopic (exact) mass is 267 g/mol. The van der Waals surface area contributed by atoms with Crippen LogP contribution in [0.5, 0.6) is 0 Å². The fourth-order valence-corrected chi connectivity index (χ4v) is 1.70. The Kier molecular flexibility index (Phi) is 4.83. The Balaban J connectivity index is 2.58. The third kappa shape index (κ3) is 4.53. The summed E-state index contributed by atoms with van der Waals surface area (Å²) in [7, 11) is -3.38. The predicted molar refractivity (Wildman–Crippen MR) is 67.3 cm³/mol. The molecule has 0 aromatic heterocycles. The van der Waals surface area contributed by atoms with Crippen LogP contribution in [0.15, 0.2) is 24.3 Å². The van der Waals surface area contributed by atoms with Crippen molar-refractivity contribution in [2.24, 2.45) is 0 Å². The summed E-state index contributed by atoms with van der Waals surface area (Å²) >= 11 is 0. The lowest BCUT2D eigenvalue weighted by atomic mass is 10.2. The van der Waals surface area contributed by atoms with E-state index >= 15 is 0 Å². The quantitative estimate of drug-likeness (QED) is 0.808. The zero-order chi connectivity index (χ0) is 13.6. The molecule has 0 unspecified atom stereocenters. The Labute approximate surface area is 106 Å². The first kappa shape index (κ1) is 14.2. The van der Waals surface area contributed by atoms with Gasteiger partial charge in [0.2, 0.25) is 15.9 Å². The molecule has 1 aromatic rings. The van der Waals surface area contributed by atoms with Crippen molar-refractivity contribution in [3.8, 4) is 6.07 Å². The first-order valence-corrected chi connectivity index (χ1v) is 6.89. The van der Waals surface area contributed by atoms with Gasteiger partial charge in [-0.3, -0.25) is 4.79 Å². The molecule has 0 atom stereocenters. The smallest absolute Gasteiger partial charge is 0.239 e. The zero-order valence-electron chi connectivity index (χ0n) is 9.80. The molecular formula is C11H13N3O3S. The molecule has 0 radical (unpaired) electrons. The molecule has 7 heteroatoms. The molecule has 0 aliphatic heterocycles. The number of nitriles is 1. The highest BCUT2D eigenvalue weighted by molar-refractivity contribution is 7.89. The van der Waals surface area contributed by atoms with E-state index in [0.717, 1.165) is 0 Å². The Morgan fingerprint density at radius 3 is 2.78 bits per heavy atom. The van der Waals surface area contributed by atoms with Gasteiger partial charge in [-0.1, -0.05) is 6.07 Å². The molecular weight excluding hydrogens is 254 g/mol. The normalized spacial score (nSPS) is 10.7. The molecule has 18 heavy (non-hydrogen) atoms. The van der Waals surface area contributed by atoms with Gasteiger partial charge in [-0.15, -0.1) is 0 Å². The number of carbonyl (C=O) groups is 1. The summed E-state index contributed by atoms with van der Waals surface area (Å²) in [6.07, 6.45) is 0. The van der Waals surface area contributed by atoms with Crippen LogP contribution in [0.25, 0.3) is 0 Å². The SMILES string of the molecule is CCS(=O)(=O)NCC(=O)Nc1cccc(C#N)c1. The maximum Gasteiger partial charge on any atom is 0.239 e. The molecule has 0 fully saturated rings. The maximum atomic E-state index is 11.5. The van der Waals surface area contributed by atoms with Crippen LogP contribution in [-0.4, -0.2) is 26.6 Å². The number of sulfonamides is 1. The maximum absolute atomic E-state index is 11.5. The van der Waals surface area contributed by atoms with E-state index in [9.17, 15) is 13.2 Å². The van der Waals surface area contributed by atoms with Crippen LogP contribution in [0, 0.1) is 11.3 Å². The second-order valence-corrected chi connectivity index (χ2v) is 5.56. The molecule has 2 N–H and O–H groups in total. The molecule has 6 nitrogen and oxygen atoms in total. The number of rotatable bonds is 5. The van der Waals surface area contributed by atoms with Crippen molar-refractivity contribution in [2.45, 2.75) is 6.92 Å². The minimum Gasteiger partial charge on any atom is -0.325 e. The molecule has 0 spiro atoms. The van der Waals surface area contributed by atoms with E-state index in [0.29, 0.717) is 11.3 Å². The molecule has 1 rings (SSSR count). The van der Waals surface area contributed by atoms with Crippen molar-refractivity contribution in [3.05, 3.63) is 29.8 Å². The van der Waals surface area contributed by atoms with Gasteiger partial charge in [-0.05, 0) is 25.1 Å². The van der Waals surface area contributed by atoms with Crippen LogP contribution in [0.3, 0.4) is 0 Å². The van der Waals surface area contributed by atoms with Crippen molar-refractivity contribution >= 4 is 21.6 Å². The number of anilines is 1. The van der Waals surface area contributed by atoms with Crippen LogP contribution in [0.1, 0.15) is 12.5 Å². The lowest BCUT2D eigenvalue weighted by molar-refractivity contribution is -0.115. The largest absolute Gasteiger partial charge is 0.325 e. The Morgan fingerprint density at radius 1 is 1.44 bits per heavy atom. The van der Waals surface area contributed by atoms with Crippen molar-refractivity contribution in [1.29, 1.82) is 5.26 Å². The van der Waals surface area contributed by atoms with Gasteiger partial charge in [0.1, 0.15) is 0 Å². The van der Waals surface area contributed by atoms with Gasteiger partial charge in [0.05, 0.1) is 23.9 Å². The third-order valence-corrected chi connectivity index (χ3v) is 3.45. The highest BCUT2D eigenvalue weighted by Gasteiger charge is 2.09. The molecule has 0 aliphatic rings. The van der Waals surface area contributed by atoms with E-state index < -0.39 is 15.9 Å². The number of hydrogen-bond donors (Lipinski definition) is 2. The molecule has 0 bridgehead atoms. The minimum absolute atomic E-state index is 0.0792. The summed E-state index contributed by atoms with van der Waals surface area (Å²) in [6.45, 7) is 1.16. The minimum atomic E-state index is -3.38. The van der Waals surface area contributed by atoms with E-state index in [2.05, 4.69) is 10.0 Å². The summed E-state index contributed by atoms with van der Waals surface area (Å²) in [6, 6.07) is 8.30. The molecule has 1 aromatic carbocycles. The fraction of sp³-hybridized carbons (Fsp3) is 0.273. The average molecular weight is 267 g/mol. The van der Waals surface area contributed by atoms with Crippen LogP contribution in [-0.2, 0) is 14.8 Å². The summed E-state index contributed by atoms with van der Waals surface area (Å²) < 4.78 is 24.4. The number of nitrogens with one attached hydrogen (secondary N) is 2. The van der Waals surface area contributed by atoms with E-state index in [1.54, 1.807) is 18.2 Å². The van der Waals surface area contributed by atoms with Crippen LogP contribution < -0.4 is 10.0 Å². The summed E-state index contributed by atoms with van der Waals surface area (Å²) in [5, 5.41) is 11.2. The summed E-state index contributed by atoms with van der Waals surface area (Å²) in [5.41, 5.74) is 0.872. The number of carbonyl (C=O) groups excluding carboxylic acids is 1. The van der Waals surface area contributed by atoms with Gasteiger partial charge >= 0.3 is 0 Å². The Bertz CT molecular complexity index is 575. The molecule has 0 aliphatic carbocycles. The van der Waals surface area contributed by atoms with Gasteiger partial charge in [-0.25, -0.2) is 13.1 Å². The highest BCUT2D eigenvalue weighted by atomic mass is 32.2. The number of amides is 1. The lowest BCUT2D eigenvalue weighted by Gasteiger charge is -2.06. The number of benzene rings is 1. The third-order valence-electron chi connectivity index (χ3n) is 2.11. The summed E-state index contributed by atoms with van der Waals surface area (Å²) in [4.78, 5) is 11.5. The molecule has 1 amide bonds. The van der Waals surface area contributed by atoms with Gasteiger partial charge in [0, 0.05) is 5.69 Å². The average Bonchev–Trinajstić information content (AvgIpc) is 2.37. The first-order chi connectivity index (χ1) is 8.46. The van der Waals surface area contributed by atoms with E-state index in [1.807, 2.05) is 6.07 Å². The van der Waals surface area contributed by atoms with Crippen molar-refractivity contribution in [2.75, 3.05) is 17.6 Å². The number of hydrogen-bond acceptors (Lipinski definition) is 4. The van der Waals surface area contributed by atoms with Gasteiger partial charge in [0.15, 0.2) is 0 Å². The number of nitrogens with zero attached hydrogens (tertiary/aromatic N) is 1. The van der Waals surface area contributed by atoms with E-state index in [-0.39, 0.29) is 12.3 Å². The van der Waals surface area contributed by atoms with Gasteiger partial charge < -0.3 is 5.32 Å². The van der Waals surface area contributed by atoms with Crippen molar-refractivity contribution in [1.82, 2.24) is 4.72 Å². The van der Waals surface area contributed by atoms with Crippen LogP contribution >= 0.6 is 0 Å². The summed E-state index contributed by atoms with van der Waals surface area (Å²) in [5.74, 6) is -0.563. The van der Waals surface area contributed by atoms with Crippen LogP contribution in [0.2, 0.25) is 0 Å².